The zero-order valence-corrected chi connectivity index (χ0v) is 23.1. The number of nitrogens with one attached hydrogen (secondary N) is 3. The SMILES string of the molecule is COc1cccc(C(=O)NCCNc2cccc(N[S+]([O-])c3cc(-c4cc(OC)ccc4F)ccc3OC)c2)c1. The Balaban J connectivity index is 1.39. The van der Waals surface area contributed by atoms with Crippen LogP contribution in [0.25, 0.3) is 11.1 Å². The maximum Gasteiger partial charge on any atom is 0.251 e. The summed E-state index contributed by atoms with van der Waals surface area (Å²) in [4.78, 5) is 12.7. The minimum absolute atomic E-state index is 0.198. The summed E-state index contributed by atoms with van der Waals surface area (Å²) in [6, 6.07) is 23.7. The Kier molecular flexibility index (Phi) is 9.71. The van der Waals surface area contributed by atoms with Gasteiger partial charge in [-0.3, -0.25) is 4.79 Å². The maximum absolute atomic E-state index is 14.6. The second-order valence-corrected chi connectivity index (χ2v) is 9.76. The fourth-order valence-corrected chi connectivity index (χ4v) is 4.96. The molecule has 0 radical (unpaired) electrons. The number of amides is 1. The molecule has 0 fully saturated rings. The van der Waals surface area contributed by atoms with Gasteiger partial charge < -0.3 is 29.4 Å². The van der Waals surface area contributed by atoms with Crippen LogP contribution in [-0.2, 0) is 11.4 Å². The van der Waals surface area contributed by atoms with E-state index in [2.05, 4.69) is 15.4 Å². The molecule has 4 aromatic rings. The number of carbonyl (C=O) groups is 1. The number of ether oxygens (including phenoxy) is 3. The summed E-state index contributed by atoms with van der Waals surface area (Å²) in [6.07, 6.45) is 0. The van der Waals surface area contributed by atoms with E-state index in [9.17, 15) is 13.7 Å². The quantitative estimate of drug-likeness (QED) is 0.155. The first kappa shape index (κ1) is 28.6. The van der Waals surface area contributed by atoms with Gasteiger partial charge in [-0.25, -0.2) is 9.11 Å². The van der Waals surface area contributed by atoms with Crippen LogP contribution in [0.2, 0.25) is 0 Å². The lowest BCUT2D eigenvalue weighted by Crippen LogP contribution is -2.28. The molecule has 10 heteroatoms. The molecule has 0 saturated carbocycles. The topological polar surface area (TPSA) is 104 Å². The Morgan fingerprint density at radius 2 is 1.57 bits per heavy atom. The number of carbonyl (C=O) groups excluding carboxylic acids is 1. The van der Waals surface area contributed by atoms with Gasteiger partial charge >= 0.3 is 0 Å². The van der Waals surface area contributed by atoms with Gasteiger partial charge in [-0.2, -0.15) is 0 Å². The van der Waals surface area contributed by atoms with Crippen LogP contribution in [0.3, 0.4) is 0 Å². The molecule has 0 aliphatic rings. The summed E-state index contributed by atoms with van der Waals surface area (Å²) >= 11 is -1.71. The number of rotatable bonds is 12. The number of halogens is 1. The monoisotopic (exact) mass is 563 g/mol. The molecule has 4 aromatic carbocycles. The van der Waals surface area contributed by atoms with Crippen LogP contribution in [0.15, 0.2) is 89.8 Å². The van der Waals surface area contributed by atoms with Gasteiger partial charge in [0.1, 0.15) is 28.7 Å². The van der Waals surface area contributed by atoms with Crippen LogP contribution < -0.4 is 29.6 Å². The standard InChI is InChI=1S/C30H30FN3O5S/c1-37-24-9-4-6-21(16-24)30(35)33-15-14-32-22-7-5-8-23(18-22)34-40(36)29-17-20(10-13-28(29)39-3)26-19-25(38-2)11-12-27(26)31/h4-13,16-19,32,34H,14-15H2,1-3H3,(H,33,35). The molecule has 4 rings (SSSR count). The van der Waals surface area contributed by atoms with Crippen molar-refractivity contribution in [3.05, 3.63) is 96.3 Å². The minimum atomic E-state index is -1.71. The van der Waals surface area contributed by atoms with Crippen molar-refractivity contribution in [3.63, 3.8) is 0 Å². The largest absolute Gasteiger partial charge is 0.588 e. The zero-order chi connectivity index (χ0) is 28.5. The molecule has 1 amide bonds. The second-order valence-electron chi connectivity index (χ2n) is 8.58. The molecule has 1 atom stereocenters. The van der Waals surface area contributed by atoms with Crippen LogP contribution in [-0.4, -0.2) is 44.9 Å². The van der Waals surface area contributed by atoms with Gasteiger partial charge in [0.05, 0.1) is 27.0 Å². The molecule has 3 N–H and O–H groups in total. The molecule has 0 aliphatic carbocycles. The molecule has 0 spiro atoms. The van der Waals surface area contributed by atoms with Crippen LogP contribution in [0, 0.1) is 5.82 Å². The molecule has 208 valence electrons. The first-order valence-electron chi connectivity index (χ1n) is 12.4. The van der Waals surface area contributed by atoms with E-state index in [4.69, 9.17) is 14.2 Å². The van der Waals surface area contributed by atoms with Crippen LogP contribution in [0.5, 0.6) is 17.2 Å². The van der Waals surface area contributed by atoms with Crippen molar-refractivity contribution in [2.24, 2.45) is 0 Å². The van der Waals surface area contributed by atoms with Gasteiger partial charge in [0.25, 0.3) is 5.91 Å². The van der Waals surface area contributed by atoms with Crippen molar-refractivity contribution in [1.82, 2.24) is 5.32 Å². The molecular weight excluding hydrogens is 533 g/mol. The van der Waals surface area contributed by atoms with Crippen molar-refractivity contribution in [2.45, 2.75) is 4.90 Å². The third-order valence-corrected chi connectivity index (χ3v) is 7.13. The summed E-state index contributed by atoms with van der Waals surface area (Å²) in [5, 5.41) is 6.10. The van der Waals surface area contributed by atoms with Crippen LogP contribution in [0.1, 0.15) is 10.4 Å². The summed E-state index contributed by atoms with van der Waals surface area (Å²) in [7, 11) is 4.55. The van der Waals surface area contributed by atoms with Crippen LogP contribution >= 0.6 is 0 Å². The fraction of sp³-hybridized carbons (Fsp3) is 0.167. The summed E-state index contributed by atoms with van der Waals surface area (Å²) in [5.74, 6) is 0.908. The third kappa shape index (κ3) is 7.16. The van der Waals surface area contributed by atoms with E-state index >= 15 is 0 Å². The Labute approximate surface area is 235 Å². The lowest BCUT2D eigenvalue weighted by molar-refractivity contribution is 0.0955. The number of anilines is 2. The van der Waals surface area contributed by atoms with Gasteiger partial charge in [-0.1, -0.05) is 18.2 Å². The number of hydrogen-bond acceptors (Lipinski definition) is 7. The van der Waals surface area contributed by atoms with Crippen molar-refractivity contribution in [3.8, 4) is 28.4 Å². The maximum atomic E-state index is 14.6. The Bertz CT molecular complexity index is 1470. The molecule has 0 aromatic heterocycles. The number of benzene rings is 4. The van der Waals surface area contributed by atoms with Gasteiger partial charge in [0.2, 0.25) is 4.90 Å². The van der Waals surface area contributed by atoms with E-state index in [1.54, 1.807) is 73.8 Å². The predicted octanol–water partition coefficient (Wildman–Crippen LogP) is 5.50. The summed E-state index contributed by atoms with van der Waals surface area (Å²) < 4.78 is 46.7. The Morgan fingerprint density at radius 1 is 0.825 bits per heavy atom. The van der Waals surface area contributed by atoms with E-state index in [0.717, 1.165) is 5.69 Å². The molecule has 0 bridgehead atoms. The summed E-state index contributed by atoms with van der Waals surface area (Å²) in [5.41, 5.74) is 2.75. The van der Waals surface area contributed by atoms with E-state index in [1.807, 2.05) is 12.1 Å². The lowest BCUT2D eigenvalue weighted by atomic mass is 10.0. The third-order valence-electron chi connectivity index (χ3n) is 5.99. The zero-order valence-electron chi connectivity index (χ0n) is 22.3. The molecule has 0 saturated heterocycles. The van der Waals surface area contributed by atoms with E-state index in [1.165, 1.54) is 20.3 Å². The number of hydrogen-bond donors (Lipinski definition) is 3. The van der Waals surface area contributed by atoms with E-state index < -0.39 is 17.2 Å². The van der Waals surface area contributed by atoms with Gasteiger partial charge in [-0.15, -0.1) is 0 Å². The average molecular weight is 564 g/mol. The minimum Gasteiger partial charge on any atom is -0.588 e. The molecule has 1 unspecified atom stereocenters. The molecule has 8 nitrogen and oxygen atoms in total. The Hall–Kier alpha value is -4.41. The molecule has 40 heavy (non-hydrogen) atoms. The smallest absolute Gasteiger partial charge is 0.251 e. The van der Waals surface area contributed by atoms with Crippen LogP contribution in [0.4, 0.5) is 15.8 Å². The summed E-state index contributed by atoms with van der Waals surface area (Å²) in [6.45, 7) is 0.870. The lowest BCUT2D eigenvalue weighted by Gasteiger charge is -2.16. The normalized spacial score (nSPS) is 11.3. The van der Waals surface area contributed by atoms with Crippen molar-refractivity contribution >= 4 is 28.6 Å². The average Bonchev–Trinajstić information content (AvgIpc) is 2.99. The number of methoxy groups -OCH3 is 3. The van der Waals surface area contributed by atoms with Crippen molar-refractivity contribution < 1.29 is 27.9 Å². The van der Waals surface area contributed by atoms with E-state index in [-0.39, 0.29) is 5.91 Å². The molecule has 0 heterocycles. The first-order valence-corrected chi connectivity index (χ1v) is 13.5. The predicted molar refractivity (Wildman–Crippen MR) is 155 cm³/mol. The van der Waals surface area contributed by atoms with Gasteiger partial charge in [0.15, 0.2) is 5.75 Å². The highest BCUT2D eigenvalue weighted by molar-refractivity contribution is 7.92. The molecular formula is C30H30FN3O5S. The first-order chi connectivity index (χ1) is 19.4. The Morgan fingerprint density at radius 3 is 2.35 bits per heavy atom. The highest BCUT2D eigenvalue weighted by Crippen LogP contribution is 2.34. The van der Waals surface area contributed by atoms with Gasteiger partial charge in [0, 0.05) is 36.0 Å². The second kappa shape index (κ2) is 13.6. The van der Waals surface area contributed by atoms with Crippen molar-refractivity contribution in [1.29, 1.82) is 0 Å². The highest BCUT2D eigenvalue weighted by Gasteiger charge is 2.21. The molecule has 0 aliphatic heterocycles. The fourth-order valence-electron chi connectivity index (χ4n) is 3.95. The van der Waals surface area contributed by atoms with E-state index in [0.29, 0.717) is 57.6 Å². The van der Waals surface area contributed by atoms with Gasteiger partial charge in [-0.05, 0) is 66.2 Å². The van der Waals surface area contributed by atoms with Crippen molar-refractivity contribution in [2.75, 3.05) is 44.5 Å². The highest BCUT2D eigenvalue weighted by atomic mass is 32.2.